The third-order valence-electron chi connectivity index (χ3n) is 4.00. The molecule has 3 aromatic rings. The fourth-order valence-electron chi connectivity index (χ4n) is 2.78. The first kappa shape index (κ1) is 18.5. The first-order chi connectivity index (χ1) is 13.0. The summed E-state index contributed by atoms with van der Waals surface area (Å²) in [6.45, 7) is 0. The standard InChI is InChI=1S/C21H17FN2O2S/c22-18(21(24)26)17(14-9-5-2-6-10-14)19-16(20(23)25)12-15(27-19)11-13-7-3-1-4-8-13/h1-10,12H,11H2,(H2,23,25)(H2,24,26). The van der Waals surface area contributed by atoms with Crippen LogP contribution in [0, 0.1) is 0 Å². The Hall–Kier alpha value is -3.25. The summed E-state index contributed by atoms with van der Waals surface area (Å²) in [7, 11) is 0. The molecule has 2 aromatic carbocycles. The lowest BCUT2D eigenvalue weighted by Crippen LogP contribution is -2.15. The van der Waals surface area contributed by atoms with Gasteiger partial charge in [0.15, 0.2) is 5.83 Å². The number of hydrogen-bond acceptors (Lipinski definition) is 3. The van der Waals surface area contributed by atoms with Crippen molar-refractivity contribution in [2.45, 2.75) is 6.42 Å². The van der Waals surface area contributed by atoms with Gasteiger partial charge in [0.1, 0.15) is 0 Å². The van der Waals surface area contributed by atoms with E-state index in [1.807, 2.05) is 30.3 Å². The Bertz CT molecular complexity index is 1010. The third kappa shape index (κ3) is 4.12. The quantitative estimate of drug-likeness (QED) is 0.640. The number of carbonyl (C=O) groups excluding carboxylic acids is 2. The van der Waals surface area contributed by atoms with Crippen molar-refractivity contribution in [1.82, 2.24) is 0 Å². The van der Waals surface area contributed by atoms with Gasteiger partial charge in [-0.15, -0.1) is 11.3 Å². The Kier molecular flexibility index (Phi) is 5.47. The minimum atomic E-state index is -1.19. The molecule has 0 saturated heterocycles. The highest BCUT2D eigenvalue weighted by Gasteiger charge is 2.24. The molecule has 0 bridgehead atoms. The molecule has 2 amide bonds. The van der Waals surface area contributed by atoms with Crippen molar-refractivity contribution in [3.63, 3.8) is 0 Å². The largest absolute Gasteiger partial charge is 0.366 e. The second-order valence-corrected chi connectivity index (χ2v) is 7.04. The lowest BCUT2D eigenvalue weighted by molar-refractivity contribution is -0.115. The fourth-order valence-corrected chi connectivity index (χ4v) is 4.04. The molecule has 6 heteroatoms. The molecular formula is C21H17FN2O2S. The molecule has 0 radical (unpaired) electrons. The van der Waals surface area contributed by atoms with Crippen LogP contribution in [0.3, 0.4) is 0 Å². The minimum absolute atomic E-state index is 0.0128. The van der Waals surface area contributed by atoms with Gasteiger partial charge in [-0.2, -0.15) is 0 Å². The van der Waals surface area contributed by atoms with Gasteiger partial charge in [-0.25, -0.2) is 4.39 Å². The van der Waals surface area contributed by atoms with Crippen LogP contribution >= 0.6 is 11.3 Å². The number of nitrogens with two attached hydrogens (primary N) is 2. The van der Waals surface area contributed by atoms with Crippen molar-refractivity contribution in [2.24, 2.45) is 11.5 Å². The highest BCUT2D eigenvalue weighted by atomic mass is 32.1. The van der Waals surface area contributed by atoms with Crippen LogP contribution in [0.4, 0.5) is 4.39 Å². The highest BCUT2D eigenvalue weighted by molar-refractivity contribution is 7.13. The van der Waals surface area contributed by atoms with E-state index in [0.717, 1.165) is 10.4 Å². The second-order valence-electron chi connectivity index (χ2n) is 5.90. The lowest BCUT2D eigenvalue weighted by Gasteiger charge is -2.08. The zero-order valence-corrected chi connectivity index (χ0v) is 15.1. The molecule has 0 unspecified atom stereocenters. The van der Waals surface area contributed by atoms with E-state index >= 15 is 0 Å². The molecular weight excluding hydrogens is 363 g/mol. The molecule has 27 heavy (non-hydrogen) atoms. The molecule has 0 fully saturated rings. The van der Waals surface area contributed by atoms with Gasteiger partial charge in [0.2, 0.25) is 5.91 Å². The van der Waals surface area contributed by atoms with Crippen LogP contribution in [0.25, 0.3) is 5.57 Å². The Balaban J connectivity index is 2.16. The SMILES string of the molecule is NC(=O)C(F)=C(c1ccccc1)c1sc(Cc2ccccc2)cc1C(N)=O. The number of primary amides is 2. The number of rotatable bonds is 6. The molecule has 0 saturated carbocycles. The zero-order chi connectivity index (χ0) is 19.4. The molecule has 0 aliphatic heterocycles. The minimum Gasteiger partial charge on any atom is -0.366 e. The van der Waals surface area contributed by atoms with Crippen LogP contribution in [0.2, 0.25) is 0 Å². The summed E-state index contributed by atoms with van der Waals surface area (Å²) >= 11 is 1.22. The number of amides is 2. The van der Waals surface area contributed by atoms with E-state index in [1.165, 1.54) is 11.3 Å². The van der Waals surface area contributed by atoms with Gasteiger partial charge in [0.05, 0.1) is 10.4 Å². The van der Waals surface area contributed by atoms with E-state index in [4.69, 9.17) is 11.5 Å². The van der Waals surface area contributed by atoms with Crippen molar-refractivity contribution in [1.29, 1.82) is 0 Å². The van der Waals surface area contributed by atoms with E-state index in [-0.39, 0.29) is 11.1 Å². The maximum absolute atomic E-state index is 14.7. The van der Waals surface area contributed by atoms with E-state index in [9.17, 15) is 14.0 Å². The van der Waals surface area contributed by atoms with Crippen LogP contribution in [-0.2, 0) is 11.2 Å². The Labute approximate surface area is 159 Å². The predicted molar refractivity (Wildman–Crippen MR) is 105 cm³/mol. The van der Waals surface area contributed by atoms with Crippen LogP contribution in [0.15, 0.2) is 72.6 Å². The summed E-state index contributed by atoms with van der Waals surface area (Å²) in [5.74, 6) is -2.98. The Morgan fingerprint density at radius 3 is 2.07 bits per heavy atom. The summed E-state index contributed by atoms with van der Waals surface area (Å²) in [6.07, 6.45) is 0.562. The number of halogens is 1. The Morgan fingerprint density at radius 1 is 0.926 bits per heavy atom. The molecule has 0 atom stereocenters. The molecule has 136 valence electrons. The van der Waals surface area contributed by atoms with Crippen LogP contribution in [0.1, 0.15) is 31.2 Å². The van der Waals surface area contributed by atoms with Gasteiger partial charge in [-0.1, -0.05) is 60.7 Å². The zero-order valence-electron chi connectivity index (χ0n) is 14.3. The van der Waals surface area contributed by atoms with Gasteiger partial charge in [-0.05, 0) is 17.2 Å². The molecule has 3 rings (SSSR count). The van der Waals surface area contributed by atoms with Crippen molar-refractivity contribution in [3.8, 4) is 0 Å². The molecule has 4 nitrogen and oxygen atoms in total. The van der Waals surface area contributed by atoms with Gasteiger partial charge < -0.3 is 11.5 Å². The highest BCUT2D eigenvalue weighted by Crippen LogP contribution is 2.36. The van der Waals surface area contributed by atoms with Crippen molar-refractivity contribution in [3.05, 3.63) is 99.0 Å². The first-order valence-corrected chi connectivity index (χ1v) is 9.01. The smallest absolute Gasteiger partial charge is 0.278 e. The molecule has 0 aliphatic carbocycles. The first-order valence-electron chi connectivity index (χ1n) is 8.19. The van der Waals surface area contributed by atoms with Gasteiger partial charge >= 0.3 is 0 Å². The summed E-state index contributed by atoms with van der Waals surface area (Å²) in [4.78, 5) is 24.7. The van der Waals surface area contributed by atoms with Crippen molar-refractivity contribution >= 4 is 28.7 Å². The summed E-state index contributed by atoms with van der Waals surface area (Å²) in [5, 5.41) is 0. The maximum atomic E-state index is 14.7. The molecule has 0 spiro atoms. The summed E-state index contributed by atoms with van der Waals surface area (Å²) in [6, 6.07) is 19.8. The van der Waals surface area contributed by atoms with E-state index < -0.39 is 17.6 Å². The number of hydrogen-bond donors (Lipinski definition) is 2. The third-order valence-corrected chi connectivity index (χ3v) is 5.15. The molecule has 0 aliphatic rings. The molecule has 1 heterocycles. The number of benzene rings is 2. The topological polar surface area (TPSA) is 86.2 Å². The fraction of sp³-hybridized carbons (Fsp3) is 0.0476. The number of thiophene rings is 1. The summed E-state index contributed by atoms with van der Waals surface area (Å²) < 4.78 is 14.7. The predicted octanol–water partition coefficient (Wildman–Crippen LogP) is 3.65. The molecule has 4 N–H and O–H groups in total. The maximum Gasteiger partial charge on any atom is 0.278 e. The average Bonchev–Trinajstić information content (AvgIpc) is 3.07. The normalized spacial score (nSPS) is 11.7. The monoisotopic (exact) mass is 380 g/mol. The molecule has 1 aromatic heterocycles. The van der Waals surface area contributed by atoms with Crippen LogP contribution < -0.4 is 11.5 Å². The van der Waals surface area contributed by atoms with Gasteiger partial charge in [-0.3, -0.25) is 9.59 Å². The van der Waals surface area contributed by atoms with E-state index in [0.29, 0.717) is 16.9 Å². The van der Waals surface area contributed by atoms with E-state index in [2.05, 4.69) is 0 Å². The lowest BCUT2D eigenvalue weighted by atomic mass is 9.99. The van der Waals surface area contributed by atoms with Gasteiger partial charge in [0.25, 0.3) is 5.91 Å². The van der Waals surface area contributed by atoms with Crippen LogP contribution in [0.5, 0.6) is 0 Å². The van der Waals surface area contributed by atoms with Crippen molar-refractivity contribution < 1.29 is 14.0 Å². The Morgan fingerprint density at radius 2 is 1.52 bits per heavy atom. The second kappa shape index (κ2) is 7.97. The van der Waals surface area contributed by atoms with Crippen LogP contribution in [-0.4, -0.2) is 11.8 Å². The van der Waals surface area contributed by atoms with E-state index in [1.54, 1.807) is 36.4 Å². The van der Waals surface area contributed by atoms with Gasteiger partial charge in [0, 0.05) is 16.9 Å². The number of carbonyl (C=O) groups is 2. The van der Waals surface area contributed by atoms with Crippen molar-refractivity contribution in [2.75, 3.05) is 0 Å². The summed E-state index contributed by atoms with van der Waals surface area (Å²) in [5.41, 5.74) is 12.4. The average molecular weight is 380 g/mol.